The number of methoxy groups -OCH3 is 1. The average Bonchev–Trinajstić information content (AvgIpc) is 3.28. The maximum atomic E-state index is 12.9. The first-order chi connectivity index (χ1) is 15.0. The second-order valence-corrected chi connectivity index (χ2v) is 9.24. The number of ether oxygens (including phenoxy) is 5. The van der Waals surface area contributed by atoms with Crippen molar-refractivity contribution >= 4 is 18.2 Å². The van der Waals surface area contributed by atoms with Gasteiger partial charge in [-0.25, -0.2) is 4.79 Å². The predicted molar refractivity (Wildman–Crippen MR) is 109 cm³/mol. The van der Waals surface area contributed by atoms with Crippen molar-refractivity contribution in [3.05, 3.63) is 35.6 Å². The van der Waals surface area contributed by atoms with Crippen LogP contribution in [0.15, 0.2) is 35.6 Å². The Labute approximate surface area is 186 Å². The Morgan fingerprint density at radius 3 is 2.62 bits per heavy atom. The first-order valence-electron chi connectivity index (χ1n) is 10.5. The highest BCUT2D eigenvalue weighted by molar-refractivity contribution is 5.88. The van der Waals surface area contributed by atoms with E-state index in [9.17, 15) is 19.5 Å². The summed E-state index contributed by atoms with van der Waals surface area (Å²) >= 11 is 0. The summed E-state index contributed by atoms with van der Waals surface area (Å²) in [4.78, 5) is 36.6. The van der Waals surface area contributed by atoms with Gasteiger partial charge in [-0.15, -0.1) is 0 Å². The van der Waals surface area contributed by atoms with E-state index in [0.29, 0.717) is 6.29 Å². The molecule has 32 heavy (non-hydrogen) atoms. The van der Waals surface area contributed by atoms with Crippen molar-refractivity contribution in [1.29, 1.82) is 0 Å². The van der Waals surface area contributed by atoms with E-state index in [1.165, 1.54) is 26.2 Å². The van der Waals surface area contributed by atoms with Gasteiger partial charge in [0, 0.05) is 26.9 Å². The number of carbonyl (C=O) groups is 3. The van der Waals surface area contributed by atoms with Crippen LogP contribution in [0.2, 0.25) is 0 Å². The smallest absolute Gasteiger partial charge is 0.345 e. The molecule has 2 saturated heterocycles. The molecule has 7 unspecified atom stereocenters. The normalized spacial score (nSPS) is 42.6. The Balaban J connectivity index is 1.81. The summed E-state index contributed by atoms with van der Waals surface area (Å²) in [5.41, 5.74) is -1.90. The molecule has 4 aliphatic rings. The summed E-state index contributed by atoms with van der Waals surface area (Å²) in [6.45, 7) is 8.65. The summed E-state index contributed by atoms with van der Waals surface area (Å²) in [6.07, 6.45) is 1.69. The Bertz CT molecular complexity index is 932. The zero-order chi connectivity index (χ0) is 23.5. The maximum absolute atomic E-state index is 12.9. The zero-order valence-corrected chi connectivity index (χ0v) is 18.6. The SMILES string of the molecule is C=C(C)C1CC(OC(C)=O)C23OC2C(CC(C)(O)C=C2C=C(C=O)C(OC)(C1)O2)OC3=O. The molecule has 0 aromatic carbocycles. The lowest BCUT2D eigenvalue weighted by molar-refractivity contribution is -0.175. The molecule has 4 heterocycles. The van der Waals surface area contributed by atoms with Crippen LogP contribution in [0.5, 0.6) is 0 Å². The standard InChI is InChI=1S/C23H28O9/c1-12(2)14-6-18(29-13(3)25)23-19(32-23)17(30-20(23)26)10-21(4,27)9-16-7-15(11-24)22(8-14,28-5)31-16/h7,9,11,14,17-19,27H,1,6,8,10H2,2-5H3. The Morgan fingerprint density at radius 1 is 1.34 bits per heavy atom. The first kappa shape index (κ1) is 22.7. The van der Waals surface area contributed by atoms with E-state index < -0.39 is 47.2 Å². The van der Waals surface area contributed by atoms with Crippen molar-refractivity contribution in [3.8, 4) is 0 Å². The van der Waals surface area contributed by atoms with E-state index in [0.717, 1.165) is 5.57 Å². The number of esters is 2. The monoisotopic (exact) mass is 448 g/mol. The molecule has 0 aromatic heterocycles. The van der Waals surface area contributed by atoms with Gasteiger partial charge in [0.15, 0.2) is 6.29 Å². The second-order valence-electron chi connectivity index (χ2n) is 9.24. The third-order valence-corrected chi connectivity index (χ3v) is 6.64. The minimum absolute atomic E-state index is 0.0268. The van der Waals surface area contributed by atoms with Crippen LogP contribution in [0, 0.1) is 5.92 Å². The molecular weight excluding hydrogens is 420 g/mol. The molecule has 2 fully saturated rings. The van der Waals surface area contributed by atoms with Crippen LogP contribution in [0.3, 0.4) is 0 Å². The highest BCUT2D eigenvalue weighted by atomic mass is 16.7. The van der Waals surface area contributed by atoms with Crippen molar-refractivity contribution in [1.82, 2.24) is 0 Å². The Hall–Kier alpha value is -2.49. The van der Waals surface area contributed by atoms with Crippen molar-refractivity contribution in [2.24, 2.45) is 5.92 Å². The van der Waals surface area contributed by atoms with E-state index in [1.54, 1.807) is 13.8 Å². The fraction of sp³-hybridized carbons (Fsp3) is 0.609. The number of epoxide rings is 1. The number of hydrogen-bond acceptors (Lipinski definition) is 9. The molecule has 4 rings (SSSR count). The van der Waals surface area contributed by atoms with Crippen molar-refractivity contribution in [3.63, 3.8) is 0 Å². The van der Waals surface area contributed by atoms with Crippen LogP contribution in [0.25, 0.3) is 0 Å². The predicted octanol–water partition coefficient (Wildman–Crippen LogP) is 1.49. The third-order valence-electron chi connectivity index (χ3n) is 6.64. The van der Waals surface area contributed by atoms with Gasteiger partial charge in [0.25, 0.3) is 0 Å². The van der Waals surface area contributed by atoms with Crippen LogP contribution in [0.1, 0.15) is 40.0 Å². The van der Waals surface area contributed by atoms with Crippen LogP contribution in [-0.4, -0.2) is 65.7 Å². The fourth-order valence-corrected chi connectivity index (χ4v) is 4.99. The highest BCUT2D eigenvalue weighted by Gasteiger charge is 2.78. The van der Waals surface area contributed by atoms with E-state index in [4.69, 9.17) is 23.7 Å². The van der Waals surface area contributed by atoms with Gasteiger partial charge in [-0.2, -0.15) is 0 Å². The van der Waals surface area contributed by atoms with Crippen molar-refractivity contribution in [2.75, 3.05) is 7.11 Å². The Kier molecular flexibility index (Phi) is 5.34. The molecule has 0 aromatic rings. The lowest BCUT2D eigenvalue weighted by atomic mass is 9.81. The molecule has 0 amide bonds. The lowest BCUT2D eigenvalue weighted by Crippen LogP contribution is -2.43. The molecular formula is C23H28O9. The van der Waals surface area contributed by atoms with Gasteiger partial charge in [-0.1, -0.05) is 12.2 Å². The highest BCUT2D eigenvalue weighted by Crippen LogP contribution is 2.54. The molecule has 0 radical (unpaired) electrons. The molecule has 7 atom stereocenters. The van der Waals surface area contributed by atoms with Gasteiger partial charge >= 0.3 is 11.9 Å². The van der Waals surface area contributed by atoms with Crippen LogP contribution in [0.4, 0.5) is 0 Å². The average molecular weight is 448 g/mol. The molecule has 1 N–H and O–H groups in total. The van der Waals surface area contributed by atoms with Gasteiger partial charge in [0.05, 0.1) is 11.2 Å². The number of hydrogen-bond donors (Lipinski definition) is 1. The van der Waals surface area contributed by atoms with E-state index in [-0.39, 0.29) is 36.5 Å². The number of carbonyl (C=O) groups excluding carboxylic acids is 3. The molecule has 0 spiro atoms. The minimum Gasteiger partial charge on any atom is -0.459 e. The lowest BCUT2D eigenvalue weighted by Gasteiger charge is -2.34. The minimum atomic E-state index is -1.45. The van der Waals surface area contributed by atoms with Crippen LogP contribution in [-0.2, 0) is 38.1 Å². The summed E-state index contributed by atoms with van der Waals surface area (Å²) in [5, 5.41) is 11.0. The molecule has 9 heteroatoms. The molecule has 9 nitrogen and oxygen atoms in total. The largest absolute Gasteiger partial charge is 0.459 e. The molecule has 0 saturated carbocycles. The number of rotatable bonds is 4. The number of allylic oxidation sites excluding steroid dienone is 2. The molecule has 174 valence electrons. The van der Waals surface area contributed by atoms with E-state index in [2.05, 4.69) is 6.58 Å². The summed E-state index contributed by atoms with van der Waals surface area (Å²) in [6, 6.07) is 0. The van der Waals surface area contributed by atoms with Gasteiger partial charge < -0.3 is 28.8 Å². The van der Waals surface area contributed by atoms with Gasteiger partial charge in [0.1, 0.15) is 24.1 Å². The quantitative estimate of drug-likeness (QED) is 0.295. The molecule has 0 aliphatic carbocycles. The van der Waals surface area contributed by atoms with E-state index >= 15 is 0 Å². The summed E-state index contributed by atoms with van der Waals surface area (Å²) in [5.74, 6) is -2.70. The molecule has 4 bridgehead atoms. The summed E-state index contributed by atoms with van der Waals surface area (Å²) < 4.78 is 28.6. The number of aldehydes is 1. The zero-order valence-electron chi connectivity index (χ0n) is 18.6. The molecule has 4 aliphatic heterocycles. The van der Waals surface area contributed by atoms with Crippen LogP contribution < -0.4 is 0 Å². The van der Waals surface area contributed by atoms with Crippen molar-refractivity contribution < 1.29 is 43.2 Å². The van der Waals surface area contributed by atoms with Gasteiger partial charge in [-0.05, 0) is 38.3 Å². The van der Waals surface area contributed by atoms with Crippen molar-refractivity contribution in [2.45, 2.75) is 75.3 Å². The topological polar surface area (TPSA) is 121 Å². The summed E-state index contributed by atoms with van der Waals surface area (Å²) in [7, 11) is 1.42. The first-order valence-corrected chi connectivity index (χ1v) is 10.5. The maximum Gasteiger partial charge on any atom is 0.345 e. The van der Waals surface area contributed by atoms with Gasteiger partial charge in [-0.3, -0.25) is 9.59 Å². The fourth-order valence-electron chi connectivity index (χ4n) is 4.99. The number of aliphatic hydroxyl groups is 1. The Morgan fingerprint density at radius 2 is 2.06 bits per heavy atom. The number of fused-ring (bicyclic) bond motifs is 2. The van der Waals surface area contributed by atoms with Crippen LogP contribution >= 0.6 is 0 Å². The van der Waals surface area contributed by atoms with Gasteiger partial charge in [0.2, 0.25) is 11.4 Å². The third kappa shape index (κ3) is 3.58. The van der Waals surface area contributed by atoms with E-state index in [1.807, 2.05) is 0 Å². The second kappa shape index (κ2) is 7.54.